The van der Waals surface area contributed by atoms with Gasteiger partial charge in [-0.1, -0.05) is 19.1 Å². The molecule has 2 rings (SSSR count). The van der Waals surface area contributed by atoms with Crippen LogP contribution in [-0.2, 0) is 11.3 Å². The quantitative estimate of drug-likeness (QED) is 0.715. The molecule has 4 nitrogen and oxygen atoms in total. The van der Waals surface area contributed by atoms with E-state index in [9.17, 15) is 0 Å². The Morgan fingerprint density at radius 2 is 2.20 bits per heavy atom. The largest absolute Gasteiger partial charge is 0.385 e. The van der Waals surface area contributed by atoms with E-state index in [1.165, 1.54) is 5.52 Å². The highest BCUT2D eigenvalue weighted by Crippen LogP contribution is 2.13. The smallest absolute Gasteiger partial charge is 0.0958 e. The number of hydrogen-bond acceptors (Lipinski definition) is 3. The predicted molar refractivity (Wildman–Crippen MR) is 82.9 cm³/mol. The first-order chi connectivity index (χ1) is 9.85. The molecule has 0 saturated carbocycles. The van der Waals surface area contributed by atoms with E-state index in [2.05, 4.69) is 40.0 Å². The monoisotopic (exact) mass is 275 g/mol. The third kappa shape index (κ3) is 4.05. The molecule has 0 amide bonds. The number of nitrogens with zero attached hydrogens (tertiary/aromatic N) is 2. The lowest BCUT2D eigenvalue weighted by Gasteiger charge is -2.19. The number of imidazole rings is 1. The van der Waals surface area contributed by atoms with Crippen LogP contribution in [0.1, 0.15) is 26.2 Å². The summed E-state index contributed by atoms with van der Waals surface area (Å²) in [6, 6.07) is 8.77. The fraction of sp³-hybridized carbons (Fsp3) is 0.562. The molecular formula is C16H25N3O. The number of benzene rings is 1. The number of aromatic nitrogens is 2. The molecule has 20 heavy (non-hydrogen) atoms. The average Bonchev–Trinajstić information content (AvgIpc) is 2.88. The molecule has 1 N–H and O–H groups in total. The third-order valence-electron chi connectivity index (χ3n) is 3.53. The SMILES string of the molecule is CCCNC(CCCOC)Cn1cnc2ccccc21. The van der Waals surface area contributed by atoms with Crippen molar-refractivity contribution < 1.29 is 4.74 Å². The minimum atomic E-state index is 0.475. The predicted octanol–water partition coefficient (Wildman–Crippen LogP) is 2.83. The first kappa shape index (κ1) is 15.0. The van der Waals surface area contributed by atoms with Crippen molar-refractivity contribution >= 4 is 11.0 Å². The van der Waals surface area contributed by atoms with Crippen molar-refractivity contribution in [3.8, 4) is 0 Å². The van der Waals surface area contributed by atoms with E-state index in [0.29, 0.717) is 6.04 Å². The van der Waals surface area contributed by atoms with E-state index in [1.54, 1.807) is 7.11 Å². The number of methoxy groups -OCH3 is 1. The van der Waals surface area contributed by atoms with Crippen LogP contribution in [-0.4, -0.2) is 35.9 Å². The number of fused-ring (bicyclic) bond motifs is 1. The summed E-state index contributed by atoms with van der Waals surface area (Å²) in [4.78, 5) is 4.46. The fourth-order valence-electron chi connectivity index (χ4n) is 2.47. The van der Waals surface area contributed by atoms with Crippen molar-refractivity contribution in [2.24, 2.45) is 0 Å². The van der Waals surface area contributed by atoms with Crippen molar-refractivity contribution in [1.82, 2.24) is 14.9 Å². The zero-order valence-corrected chi connectivity index (χ0v) is 12.5. The number of nitrogens with one attached hydrogen (secondary N) is 1. The average molecular weight is 275 g/mol. The van der Waals surface area contributed by atoms with Gasteiger partial charge in [-0.3, -0.25) is 0 Å². The Balaban J connectivity index is 2.01. The van der Waals surface area contributed by atoms with Crippen LogP contribution in [0.5, 0.6) is 0 Å². The van der Waals surface area contributed by atoms with Gasteiger partial charge >= 0.3 is 0 Å². The summed E-state index contributed by atoms with van der Waals surface area (Å²) < 4.78 is 7.40. The third-order valence-corrected chi connectivity index (χ3v) is 3.53. The molecule has 0 fully saturated rings. The molecule has 4 heteroatoms. The topological polar surface area (TPSA) is 39.1 Å². The summed E-state index contributed by atoms with van der Waals surface area (Å²) in [6.07, 6.45) is 5.32. The summed E-state index contributed by atoms with van der Waals surface area (Å²) in [5.41, 5.74) is 2.28. The molecular weight excluding hydrogens is 250 g/mol. The highest BCUT2D eigenvalue weighted by molar-refractivity contribution is 5.74. The second-order valence-corrected chi connectivity index (χ2v) is 5.17. The lowest BCUT2D eigenvalue weighted by molar-refractivity contribution is 0.187. The Morgan fingerprint density at radius 1 is 1.35 bits per heavy atom. The zero-order chi connectivity index (χ0) is 14.2. The number of ether oxygens (including phenoxy) is 1. The van der Waals surface area contributed by atoms with Crippen LogP contribution < -0.4 is 5.32 Å². The second-order valence-electron chi connectivity index (χ2n) is 5.17. The van der Waals surface area contributed by atoms with Gasteiger partial charge < -0.3 is 14.6 Å². The minimum Gasteiger partial charge on any atom is -0.385 e. The molecule has 0 aliphatic carbocycles. The van der Waals surface area contributed by atoms with Crippen molar-refractivity contribution in [3.63, 3.8) is 0 Å². The standard InChI is InChI=1S/C16H25N3O/c1-3-10-17-14(7-6-11-20-2)12-19-13-18-15-8-4-5-9-16(15)19/h4-5,8-9,13-14,17H,3,6-7,10-12H2,1-2H3. The van der Waals surface area contributed by atoms with E-state index in [-0.39, 0.29) is 0 Å². The first-order valence-electron chi connectivity index (χ1n) is 7.47. The zero-order valence-electron chi connectivity index (χ0n) is 12.5. The molecule has 0 bridgehead atoms. The lowest BCUT2D eigenvalue weighted by Crippen LogP contribution is -2.34. The molecule has 1 aromatic heterocycles. The van der Waals surface area contributed by atoms with Crippen LogP contribution in [0.3, 0.4) is 0 Å². The molecule has 1 unspecified atom stereocenters. The fourth-order valence-corrected chi connectivity index (χ4v) is 2.47. The van der Waals surface area contributed by atoms with Gasteiger partial charge in [0.15, 0.2) is 0 Å². The van der Waals surface area contributed by atoms with Gasteiger partial charge in [0.2, 0.25) is 0 Å². The molecule has 0 radical (unpaired) electrons. The van der Waals surface area contributed by atoms with Gasteiger partial charge in [0, 0.05) is 26.3 Å². The Kier molecular flexibility index (Phi) is 6.02. The molecule has 0 spiro atoms. The van der Waals surface area contributed by atoms with Crippen LogP contribution >= 0.6 is 0 Å². The Bertz CT molecular complexity index is 509. The van der Waals surface area contributed by atoms with Gasteiger partial charge in [0.05, 0.1) is 17.4 Å². The highest BCUT2D eigenvalue weighted by atomic mass is 16.5. The van der Waals surface area contributed by atoms with Gasteiger partial charge in [-0.15, -0.1) is 0 Å². The van der Waals surface area contributed by atoms with E-state index in [4.69, 9.17) is 4.74 Å². The van der Waals surface area contributed by atoms with Gasteiger partial charge in [0.1, 0.15) is 0 Å². The van der Waals surface area contributed by atoms with Gasteiger partial charge in [0.25, 0.3) is 0 Å². The maximum Gasteiger partial charge on any atom is 0.0958 e. The summed E-state index contributed by atoms with van der Waals surface area (Å²) in [5.74, 6) is 0. The van der Waals surface area contributed by atoms with Crippen LogP contribution in [0.2, 0.25) is 0 Å². The summed E-state index contributed by atoms with van der Waals surface area (Å²) >= 11 is 0. The van der Waals surface area contributed by atoms with Crippen molar-refractivity contribution in [2.45, 2.75) is 38.8 Å². The Labute approximate surface area is 121 Å². The molecule has 1 aromatic carbocycles. The minimum absolute atomic E-state index is 0.475. The molecule has 0 saturated heterocycles. The van der Waals surface area contributed by atoms with E-state index in [1.807, 2.05) is 12.4 Å². The van der Waals surface area contributed by atoms with Crippen molar-refractivity contribution in [1.29, 1.82) is 0 Å². The molecule has 2 aromatic rings. The van der Waals surface area contributed by atoms with Crippen LogP contribution in [0, 0.1) is 0 Å². The second kappa shape index (κ2) is 8.02. The van der Waals surface area contributed by atoms with E-state index >= 15 is 0 Å². The summed E-state index contributed by atoms with van der Waals surface area (Å²) in [5, 5.41) is 3.63. The molecule has 1 heterocycles. The van der Waals surface area contributed by atoms with Gasteiger partial charge in [-0.25, -0.2) is 4.98 Å². The summed E-state index contributed by atoms with van der Waals surface area (Å²) in [6.45, 7) is 5.05. The lowest BCUT2D eigenvalue weighted by atomic mass is 10.1. The number of rotatable bonds is 9. The van der Waals surface area contributed by atoms with Crippen LogP contribution in [0.15, 0.2) is 30.6 Å². The van der Waals surface area contributed by atoms with Crippen molar-refractivity contribution in [3.05, 3.63) is 30.6 Å². The first-order valence-corrected chi connectivity index (χ1v) is 7.47. The maximum absolute atomic E-state index is 5.16. The van der Waals surface area contributed by atoms with E-state index < -0.39 is 0 Å². The Morgan fingerprint density at radius 3 is 3.00 bits per heavy atom. The molecule has 0 aliphatic rings. The molecule has 1 atom stereocenters. The highest BCUT2D eigenvalue weighted by Gasteiger charge is 2.10. The normalized spacial score (nSPS) is 12.9. The van der Waals surface area contributed by atoms with Crippen LogP contribution in [0.4, 0.5) is 0 Å². The number of para-hydroxylation sites is 2. The van der Waals surface area contributed by atoms with Crippen LogP contribution in [0.25, 0.3) is 11.0 Å². The van der Waals surface area contributed by atoms with E-state index in [0.717, 1.165) is 44.5 Å². The van der Waals surface area contributed by atoms with Gasteiger partial charge in [-0.05, 0) is 37.9 Å². The number of hydrogen-bond donors (Lipinski definition) is 1. The van der Waals surface area contributed by atoms with Gasteiger partial charge in [-0.2, -0.15) is 0 Å². The molecule has 0 aliphatic heterocycles. The van der Waals surface area contributed by atoms with Crippen molar-refractivity contribution in [2.75, 3.05) is 20.3 Å². The summed E-state index contributed by atoms with van der Waals surface area (Å²) in [7, 11) is 1.76. The molecule has 110 valence electrons. The maximum atomic E-state index is 5.16. The Hall–Kier alpha value is -1.39.